The summed E-state index contributed by atoms with van der Waals surface area (Å²) in [6.07, 6.45) is 2.88. The first kappa shape index (κ1) is 7.03. The third kappa shape index (κ3) is 1.95. The molecule has 9 heavy (non-hydrogen) atoms. The Kier molecular flexibility index (Phi) is 2.49. The van der Waals surface area contributed by atoms with E-state index in [1.54, 1.807) is 0 Å². The van der Waals surface area contributed by atoms with Crippen LogP contribution in [0, 0.1) is 0 Å². The first-order valence-electron chi connectivity index (χ1n) is 3.62. The molecule has 1 rings (SSSR count). The second-order valence-electron chi connectivity index (χ2n) is 2.58. The van der Waals surface area contributed by atoms with Gasteiger partial charge in [-0.05, 0) is 19.3 Å². The molecule has 2 heteroatoms. The normalized spacial score (nSPS) is 36.7. The van der Waals surface area contributed by atoms with Crippen LogP contribution < -0.4 is 0 Å². The predicted molar refractivity (Wildman–Crippen MR) is 35.3 cm³/mol. The number of hydrogen-bond donors (Lipinski definition) is 1. The van der Waals surface area contributed by atoms with E-state index in [1.807, 2.05) is 0 Å². The minimum atomic E-state index is -0.108. The Bertz CT molecular complexity index is 83.0. The molecule has 1 fully saturated rings. The van der Waals surface area contributed by atoms with Gasteiger partial charge in [-0.25, -0.2) is 0 Å². The molecule has 1 saturated heterocycles. The van der Waals surface area contributed by atoms with E-state index in [9.17, 15) is 0 Å². The quantitative estimate of drug-likeness (QED) is 0.572. The molecule has 0 bridgehead atoms. The molecule has 0 aromatic heterocycles. The fraction of sp³-hybridized carbons (Fsp3) is 1.00. The van der Waals surface area contributed by atoms with Gasteiger partial charge in [-0.1, -0.05) is 6.92 Å². The maximum absolute atomic E-state index is 9.13. The minimum Gasteiger partial charge on any atom is -0.393 e. The summed E-state index contributed by atoms with van der Waals surface area (Å²) in [5, 5.41) is 9.13. The highest BCUT2D eigenvalue weighted by Crippen LogP contribution is 2.15. The maximum Gasteiger partial charge on any atom is 0.0597 e. The Labute approximate surface area is 55.8 Å². The summed E-state index contributed by atoms with van der Waals surface area (Å²) in [6.45, 7) is 2.82. The van der Waals surface area contributed by atoms with Crippen LogP contribution in [-0.4, -0.2) is 23.9 Å². The molecule has 0 spiro atoms. The molecule has 54 valence electrons. The second kappa shape index (κ2) is 3.18. The van der Waals surface area contributed by atoms with E-state index >= 15 is 0 Å². The Morgan fingerprint density at radius 1 is 1.67 bits per heavy atom. The van der Waals surface area contributed by atoms with E-state index in [-0.39, 0.29) is 6.10 Å². The van der Waals surface area contributed by atoms with Gasteiger partial charge in [0.1, 0.15) is 0 Å². The summed E-state index contributed by atoms with van der Waals surface area (Å²) in [4.78, 5) is 0. The average molecular weight is 130 g/mol. The van der Waals surface area contributed by atoms with E-state index in [4.69, 9.17) is 9.84 Å². The van der Waals surface area contributed by atoms with Gasteiger partial charge < -0.3 is 9.84 Å². The highest BCUT2D eigenvalue weighted by Gasteiger charge is 2.18. The molecule has 0 unspecified atom stereocenters. The van der Waals surface area contributed by atoms with Crippen LogP contribution in [-0.2, 0) is 4.74 Å². The Balaban J connectivity index is 2.23. The van der Waals surface area contributed by atoms with Gasteiger partial charge in [0.25, 0.3) is 0 Å². The van der Waals surface area contributed by atoms with Gasteiger partial charge in [0.15, 0.2) is 0 Å². The van der Waals surface area contributed by atoms with Gasteiger partial charge in [-0.2, -0.15) is 0 Å². The molecule has 1 N–H and O–H groups in total. The first-order chi connectivity index (χ1) is 4.33. The number of aliphatic hydroxyl groups is 1. The van der Waals surface area contributed by atoms with Crippen LogP contribution in [0.1, 0.15) is 26.2 Å². The van der Waals surface area contributed by atoms with Crippen LogP contribution in [0.15, 0.2) is 0 Å². The molecule has 1 aliphatic heterocycles. The van der Waals surface area contributed by atoms with Crippen LogP contribution in [0.4, 0.5) is 0 Å². The van der Waals surface area contributed by atoms with Crippen molar-refractivity contribution < 1.29 is 9.84 Å². The summed E-state index contributed by atoms with van der Waals surface area (Å²) in [5.41, 5.74) is 0. The summed E-state index contributed by atoms with van der Waals surface area (Å²) in [6, 6.07) is 0. The highest BCUT2D eigenvalue weighted by molar-refractivity contribution is 4.68. The Morgan fingerprint density at radius 2 is 2.44 bits per heavy atom. The van der Waals surface area contributed by atoms with Gasteiger partial charge in [-0.15, -0.1) is 0 Å². The van der Waals surface area contributed by atoms with Crippen molar-refractivity contribution in [1.82, 2.24) is 0 Å². The highest BCUT2D eigenvalue weighted by atomic mass is 16.5. The van der Waals surface area contributed by atoms with Crippen molar-refractivity contribution in [2.24, 2.45) is 0 Å². The smallest absolute Gasteiger partial charge is 0.0597 e. The summed E-state index contributed by atoms with van der Waals surface area (Å²) >= 11 is 0. The van der Waals surface area contributed by atoms with E-state index < -0.39 is 0 Å². The fourth-order valence-corrected chi connectivity index (χ4v) is 1.14. The van der Waals surface area contributed by atoms with Crippen LogP contribution in [0.25, 0.3) is 0 Å². The van der Waals surface area contributed by atoms with Crippen molar-refractivity contribution in [2.45, 2.75) is 38.4 Å². The largest absolute Gasteiger partial charge is 0.393 e. The van der Waals surface area contributed by atoms with Gasteiger partial charge in [-0.3, -0.25) is 0 Å². The lowest BCUT2D eigenvalue weighted by Crippen LogP contribution is -2.28. The molecule has 1 heterocycles. The summed E-state index contributed by atoms with van der Waals surface area (Å²) in [5.74, 6) is 0. The second-order valence-corrected chi connectivity index (χ2v) is 2.58. The van der Waals surface area contributed by atoms with Crippen LogP contribution >= 0.6 is 0 Å². The lowest BCUT2D eigenvalue weighted by atomic mass is 10.0. The molecule has 0 aromatic carbocycles. The monoisotopic (exact) mass is 130 g/mol. The summed E-state index contributed by atoms with van der Waals surface area (Å²) < 4.78 is 5.34. The third-order valence-corrected chi connectivity index (χ3v) is 1.79. The van der Waals surface area contributed by atoms with Crippen LogP contribution in [0.3, 0.4) is 0 Å². The van der Waals surface area contributed by atoms with Gasteiger partial charge in [0, 0.05) is 6.61 Å². The number of hydrogen-bond acceptors (Lipinski definition) is 2. The minimum absolute atomic E-state index is 0.108. The third-order valence-electron chi connectivity index (χ3n) is 1.79. The van der Waals surface area contributed by atoms with Crippen LogP contribution in [0.5, 0.6) is 0 Å². The van der Waals surface area contributed by atoms with E-state index in [0.717, 1.165) is 25.9 Å². The van der Waals surface area contributed by atoms with E-state index in [2.05, 4.69) is 6.92 Å². The molecule has 0 radical (unpaired) electrons. The molecule has 0 aromatic rings. The molecule has 1 aliphatic rings. The zero-order valence-electron chi connectivity index (χ0n) is 5.84. The average Bonchev–Trinajstić information content (AvgIpc) is 1.88. The number of rotatable bonds is 1. The van der Waals surface area contributed by atoms with E-state index in [0.29, 0.717) is 6.10 Å². The van der Waals surface area contributed by atoms with Crippen molar-refractivity contribution in [3.8, 4) is 0 Å². The van der Waals surface area contributed by atoms with Crippen molar-refractivity contribution in [3.05, 3.63) is 0 Å². The predicted octanol–water partition coefficient (Wildman–Crippen LogP) is 0.936. The molecule has 0 aliphatic carbocycles. The number of ether oxygens (including phenoxy) is 1. The molecular formula is C7H14O2. The molecule has 2 atom stereocenters. The standard InChI is InChI=1S/C7H14O2/c1-2-7-5-6(8)3-4-9-7/h6-8H,2-5H2,1H3/t6-,7-/m1/s1. The van der Waals surface area contributed by atoms with Gasteiger partial charge in [0.05, 0.1) is 12.2 Å². The fourth-order valence-electron chi connectivity index (χ4n) is 1.14. The van der Waals surface area contributed by atoms with Gasteiger partial charge >= 0.3 is 0 Å². The van der Waals surface area contributed by atoms with Crippen molar-refractivity contribution >= 4 is 0 Å². The lowest BCUT2D eigenvalue weighted by Gasteiger charge is -2.25. The van der Waals surface area contributed by atoms with Gasteiger partial charge in [0.2, 0.25) is 0 Å². The maximum atomic E-state index is 9.13. The molecule has 2 nitrogen and oxygen atoms in total. The Morgan fingerprint density at radius 3 is 2.89 bits per heavy atom. The first-order valence-corrected chi connectivity index (χ1v) is 3.62. The molecule has 0 amide bonds. The van der Waals surface area contributed by atoms with Crippen molar-refractivity contribution in [3.63, 3.8) is 0 Å². The lowest BCUT2D eigenvalue weighted by molar-refractivity contribution is -0.0441. The van der Waals surface area contributed by atoms with Crippen molar-refractivity contribution in [2.75, 3.05) is 6.61 Å². The molecular weight excluding hydrogens is 116 g/mol. The van der Waals surface area contributed by atoms with E-state index in [1.165, 1.54) is 0 Å². The number of aliphatic hydroxyl groups excluding tert-OH is 1. The van der Waals surface area contributed by atoms with Crippen molar-refractivity contribution in [1.29, 1.82) is 0 Å². The topological polar surface area (TPSA) is 29.5 Å². The Hall–Kier alpha value is -0.0800. The summed E-state index contributed by atoms with van der Waals surface area (Å²) in [7, 11) is 0. The van der Waals surface area contributed by atoms with Crippen LogP contribution in [0.2, 0.25) is 0 Å². The SMILES string of the molecule is CC[C@@H]1C[C@H](O)CCO1. The molecule has 0 saturated carbocycles. The zero-order valence-corrected chi connectivity index (χ0v) is 5.84. The zero-order chi connectivity index (χ0) is 6.69.